The lowest BCUT2D eigenvalue weighted by molar-refractivity contribution is 0.404. The van der Waals surface area contributed by atoms with Gasteiger partial charge in [0, 0.05) is 17.3 Å². The molecule has 0 N–H and O–H groups in total. The molecule has 0 nitrogen and oxygen atoms in total. The average molecular weight is 859 g/mol. The number of fused-ring (bicyclic) bond motifs is 9. The van der Waals surface area contributed by atoms with Gasteiger partial charge in [0.1, 0.15) is 0 Å². The zero-order valence-corrected chi connectivity index (χ0v) is 43.5. The van der Waals surface area contributed by atoms with Crippen LogP contribution in [0.2, 0.25) is 0 Å². The molecule has 0 heteroatoms. The molecule has 0 bridgehead atoms. The van der Waals surface area contributed by atoms with Crippen molar-refractivity contribution in [2.24, 2.45) is 0 Å². The molecule has 0 radical (unpaired) electrons. The van der Waals surface area contributed by atoms with Gasteiger partial charge in [0.05, 0.1) is 0 Å². The summed E-state index contributed by atoms with van der Waals surface area (Å²) in [6.07, 6.45) is 1.99. The predicted octanol–water partition coefficient (Wildman–Crippen LogP) is 18.1. The highest BCUT2D eigenvalue weighted by atomic mass is 14.5. The lowest BCUT2D eigenvalue weighted by Crippen LogP contribution is -2.31. The Morgan fingerprint density at radius 3 is 0.692 bits per heavy atom. The number of hydrogen-bond acceptors (Lipinski definition) is 0. The molecule has 338 valence electrons. The van der Waals surface area contributed by atoms with E-state index < -0.39 is 0 Å². The zero-order valence-electron chi connectivity index (χ0n) is 43.5. The van der Waals surface area contributed by atoms with E-state index in [1.54, 1.807) is 0 Å². The van der Waals surface area contributed by atoms with Crippen LogP contribution in [-0.2, 0) is 37.9 Å². The van der Waals surface area contributed by atoms with E-state index >= 15 is 0 Å². The lowest BCUT2D eigenvalue weighted by atomic mass is 9.63. The van der Waals surface area contributed by atoms with E-state index in [4.69, 9.17) is 0 Å². The molecule has 0 aromatic heterocycles. The second-order valence-electron chi connectivity index (χ2n) is 26.8. The van der Waals surface area contributed by atoms with Crippen LogP contribution in [0.15, 0.2) is 109 Å². The van der Waals surface area contributed by atoms with E-state index in [9.17, 15) is 0 Å². The molecule has 6 aromatic carbocycles. The second-order valence-corrected chi connectivity index (χ2v) is 26.8. The van der Waals surface area contributed by atoms with Gasteiger partial charge in [-0.2, -0.15) is 0 Å². The zero-order chi connectivity index (χ0) is 47.2. The van der Waals surface area contributed by atoms with Gasteiger partial charge in [0.25, 0.3) is 0 Å². The van der Waals surface area contributed by atoms with Crippen molar-refractivity contribution in [1.82, 2.24) is 0 Å². The topological polar surface area (TPSA) is 0 Å². The maximum absolute atomic E-state index is 2.67. The summed E-state index contributed by atoms with van der Waals surface area (Å²) in [5, 5.41) is 0. The van der Waals surface area contributed by atoms with E-state index in [0.29, 0.717) is 0 Å². The Hall–Kier alpha value is -4.68. The van der Waals surface area contributed by atoms with Gasteiger partial charge in [-0.1, -0.05) is 234 Å². The smallest absolute Gasteiger partial charge is 0.0233 e. The Morgan fingerprint density at radius 1 is 0.277 bits per heavy atom. The number of hydrogen-bond donors (Lipinski definition) is 0. The molecule has 6 aromatic rings. The fourth-order valence-electron chi connectivity index (χ4n) is 11.7. The Morgan fingerprint density at radius 2 is 0.477 bits per heavy atom. The van der Waals surface area contributed by atoms with Crippen LogP contribution in [-0.4, -0.2) is 0 Å². The molecule has 0 aliphatic heterocycles. The molecule has 0 amide bonds. The third kappa shape index (κ3) is 7.68. The van der Waals surface area contributed by atoms with Crippen LogP contribution in [0, 0.1) is 0 Å². The van der Waals surface area contributed by atoms with Crippen LogP contribution < -0.4 is 0 Å². The van der Waals surface area contributed by atoms with Crippen molar-refractivity contribution in [2.45, 2.75) is 187 Å². The molecule has 65 heavy (non-hydrogen) atoms. The summed E-state index contributed by atoms with van der Waals surface area (Å²) >= 11 is 0. The second kappa shape index (κ2) is 14.7. The monoisotopic (exact) mass is 859 g/mol. The Labute approximate surface area is 394 Å². The van der Waals surface area contributed by atoms with Crippen molar-refractivity contribution in [1.29, 1.82) is 0 Å². The fraction of sp³-hybridized carbons (Fsp3) is 0.446. The van der Waals surface area contributed by atoms with Crippen LogP contribution >= 0.6 is 0 Å². The summed E-state index contributed by atoms with van der Waals surface area (Å²) in [7, 11) is 0. The fourth-order valence-corrected chi connectivity index (χ4v) is 11.7. The summed E-state index contributed by atoms with van der Waals surface area (Å²) in [5.41, 5.74) is 25.9. The van der Waals surface area contributed by atoms with Gasteiger partial charge < -0.3 is 0 Å². The van der Waals surface area contributed by atoms with Crippen molar-refractivity contribution in [2.75, 3.05) is 0 Å². The summed E-state index contributed by atoms with van der Waals surface area (Å²) < 4.78 is 0. The quantitative estimate of drug-likeness (QED) is 0.166. The van der Waals surface area contributed by atoms with Gasteiger partial charge in [-0.3, -0.25) is 0 Å². The average Bonchev–Trinajstić information content (AvgIpc) is 3.78. The summed E-state index contributed by atoms with van der Waals surface area (Å²) in [6, 6.07) is 45.2. The van der Waals surface area contributed by atoms with Crippen LogP contribution in [0.5, 0.6) is 0 Å². The van der Waals surface area contributed by atoms with E-state index in [1.165, 1.54) is 100 Å². The molecular weight excluding hydrogens is 781 g/mol. The Balaban J connectivity index is 1.39. The SMILES string of the molecule is CC(C)(C)c1ccc2c(c1)C(CC1(CC3c4cc(C(C)(C)C)ccc4-c4ccc(C(C)(C)C)cc43)c3cc(C(C)(C)C)ccc3-c3ccc(C(C)(C)C)cc31)c1cc(C(C)(C)C)ccc1-2. The molecule has 0 unspecified atom stereocenters. The Kier molecular flexibility index (Phi) is 10.3. The highest BCUT2D eigenvalue weighted by molar-refractivity contribution is 5.86. The van der Waals surface area contributed by atoms with Gasteiger partial charge in [0.15, 0.2) is 0 Å². The van der Waals surface area contributed by atoms with Crippen molar-refractivity contribution < 1.29 is 0 Å². The first kappa shape index (κ1) is 45.5. The summed E-state index contributed by atoms with van der Waals surface area (Å²) in [5.74, 6) is 0.421. The van der Waals surface area contributed by atoms with Gasteiger partial charge >= 0.3 is 0 Å². The first-order chi connectivity index (χ1) is 30.0. The highest BCUT2D eigenvalue weighted by Gasteiger charge is 2.50. The third-order valence-electron chi connectivity index (χ3n) is 16.0. The van der Waals surface area contributed by atoms with Crippen LogP contribution in [0.3, 0.4) is 0 Å². The van der Waals surface area contributed by atoms with Gasteiger partial charge in [-0.05, 0) is 145 Å². The molecule has 9 rings (SSSR count). The largest absolute Gasteiger partial charge is 0.0579 e. The summed E-state index contributed by atoms with van der Waals surface area (Å²) in [6.45, 7) is 42.9. The molecular formula is C65H78. The maximum Gasteiger partial charge on any atom is 0.0233 e. The lowest BCUT2D eigenvalue weighted by Gasteiger charge is -2.39. The number of rotatable bonds is 4. The minimum atomic E-state index is -0.314. The maximum atomic E-state index is 2.67. The predicted molar refractivity (Wildman–Crippen MR) is 282 cm³/mol. The van der Waals surface area contributed by atoms with Crippen molar-refractivity contribution in [3.63, 3.8) is 0 Å². The third-order valence-corrected chi connectivity index (χ3v) is 16.0. The minimum absolute atomic E-state index is 0.00231. The van der Waals surface area contributed by atoms with E-state index in [-0.39, 0.29) is 49.7 Å². The van der Waals surface area contributed by atoms with E-state index in [2.05, 4.69) is 234 Å². The molecule has 0 spiro atoms. The molecule has 3 aliphatic carbocycles. The minimum Gasteiger partial charge on any atom is -0.0579 e. The van der Waals surface area contributed by atoms with E-state index in [0.717, 1.165) is 12.8 Å². The van der Waals surface area contributed by atoms with Gasteiger partial charge in [0.2, 0.25) is 0 Å². The van der Waals surface area contributed by atoms with Gasteiger partial charge in [-0.25, -0.2) is 0 Å². The molecule has 0 atom stereocenters. The first-order valence-electron chi connectivity index (χ1n) is 24.9. The van der Waals surface area contributed by atoms with Gasteiger partial charge in [-0.15, -0.1) is 0 Å². The Bertz CT molecular complexity index is 2540. The van der Waals surface area contributed by atoms with E-state index in [1.807, 2.05) is 0 Å². The van der Waals surface area contributed by atoms with Crippen molar-refractivity contribution >= 4 is 0 Å². The molecule has 3 aliphatic rings. The van der Waals surface area contributed by atoms with Crippen LogP contribution in [0.1, 0.15) is 216 Å². The van der Waals surface area contributed by atoms with Crippen LogP contribution in [0.4, 0.5) is 0 Å². The summed E-state index contributed by atoms with van der Waals surface area (Å²) in [4.78, 5) is 0. The molecule has 0 heterocycles. The highest BCUT2D eigenvalue weighted by Crippen LogP contribution is 2.63. The first-order valence-corrected chi connectivity index (χ1v) is 24.9. The molecule has 0 fully saturated rings. The van der Waals surface area contributed by atoms with Crippen molar-refractivity contribution in [3.05, 3.63) is 176 Å². The molecule has 0 saturated heterocycles. The number of benzene rings is 6. The van der Waals surface area contributed by atoms with Crippen molar-refractivity contribution in [3.8, 4) is 33.4 Å². The standard InChI is InChI=1S/C65H78/c1-59(2,3)39-19-25-45-46-26-20-40(60(4,5)6)32-52(46)55(51(45)31-39)37-65(57-35-43(63(13,14)15)23-29-49(57)50-30-24-44(36-58(50)65)64(16,17)18)38-56-53-33-41(61(7,8)9)21-27-47(53)48-28-22-42(34-54(48)56)62(10,11)12/h19-36,55-56H,37-38H2,1-18H3. The molecule has 0 saturated carbocycles. The normalized spacial score (nSPS) is 16.0. The van der Waals surface area contributed by atoms with Crippen LogP contribution in [0.25, 0.3) is 33.4 Å².